The van der Waals surface area contributed by atoms with Crippen molar-refractivity contribution in [1.29, 1.82) is 0 Å². The molecule has 2 aliphatic rings. The number of ether oxygens (including phenoxy) is 1. The summed E-state index contributed by atoms with van der Waals surface area (Å²) in [5.74, 6) is 0.921. The molecule has 2 aliphatic heterocycles. The zero-order chi connectivity index (χ0) is 21.1. The van der Waals surface area contributed by atoms with Gasteiger partial charge in [-0.3, -0.25) is 14.4 Å². The van der Waals surface area contributed by atoms with Gasteiger partial charge in [-0.2, -0.15) is 0 Å². The van der Waals surface area contributed by atoms with E-state index in [1.807, 2.05) is 4.90 Å². The molecule has 1 amide bonds. The van der Waals surface area contributed by atoms with Gasteiger partial charge in [0.1, 0.15) is 5.75 Å². The van der Waals surface area contributed by atoms with Gasteiger partial charge in [-0.15, -0.1) is 0 Å². The minimum Gasteiger partial charge on any atom is -0.493 e. The van der Waals surface area contributed by atoms with Crippen molar-refractivity contribution >= 4 is 21.6 Å². The van der Waals surface area contributed by atoms with Crippen LogP contribution in [0.2, 0.25) is 0 Å². The highest BCUT2D eigenvalue weighted by atomic mass is 32.2. The van der Waals surface area contributed by atoms with E-state index in [1.165, 1.54) is 11.1 Å². The van der Waals surface area contributed by atoms with Crippen molar-refractivity contribution in [3.05, 3.63) is 59.2 Å². The fourth-order valence-electron chi connectivity index (χ4n) is 3.86. The lowest BCUT2D eigenvalue weighted by molar-refractivity contribution is 0.0628. The van der Waals surface area contributed by atoms with E-state index in [0.29, 0.717) is 24.3 Å². The number of piperazine rings is 1. The molecule has 2 aromatic carbocycles. The maximum atomic E-state index is 12.9. The molecule has 1 fully saturated rings. The SMILES string of the molecule is CCS(=O)(=O)Nc1cccc(C(=O)N2CCN(Cc3ccc4c(c3)CCO4)CC2)c1. The normalized spacial score (nSPS) is 16.8. The first-order valence-corrected chi connectivity index (χ1v) is 12.0. The first-order valence-electron chi connectivity index (χ1n) is 10.3. The average molecular weight is 430 g/mol. The van der Waals surface area contributed by atoms with E-state index in [-0.39, 0.29) is 11.7 Å². The van der Waals surface area contributed by atoms with Crippen LogP contribution in [0.3, 0.4) is 0 Å². The Bertz CT molecular complexity index is 1030. The van der Waals surface area contributed by atoms with Crippen molar-refractivity contribution in [2.24, 2.45) is 0 Å². The molecule has 30 heavy (non-hydrogen) atoms. The largest absolute Gasteiger partial charge is 0.493 e. The maximum Gasteiger partial charge on any atom is 0.254 e. The standard InChI is InChI=1S/C22H27N3O4S/c1-2-30(27,28)23-20-5-3-4-19(15-20)22(26)25-11-9-24(10-12-25)16-17-6-7-21-18(14-17)8-13-29-21/h3-7,14-15,23H,2,8-13,16H2,1H3. The van der Waals surface area contributed by atoms with Gasteiger partial charge in [-0.05, 0) is 42.3 Å². The first kappa shape index (κ1) is 20.7. The number of carbonyl (C=O) groups excluding carboxylic acids is 1. The second-order valence-corrected chi connectivity index (χ2v) is 9.71. The van der Waals surface area contributed by atoms with E-state index in [2.05, 4.69) is 27.8 Å². The van der Waals surface area contributed by atoms with Crippen LogP contribution in [0.5, 0.6) is 5.75 Å². The van der Waals surface area contributed by atoms with Gasteiger partial charge in [0.2, 0.25) is 10.0 Å². The third kappa shape index (κ3) is 4.76. The summed E-state index contributed by atoms with van der Waals surface area (Å²) in [5.41, 5.74) is 3.47. The van der Waals surface area contributed by atoms with Crippen LogP contribution in [-0.2, 0) is 23.0 Å². The van der Waals surface area contributed by atoms with Crippen molar-refractivity contribution in [2.75, 3.05) is 43.3 Å². The van der Waals surface area contributed by atoms with Crippen molar-refractivity contribution < 1.29 is 17.9 Å². The van der Waals surface area contributed by atoms with Crippen LogP contribution in [0.25, 0.3) is 0 Å². The van der Waals surface area contributed by atoms with E-state index in [0.717, 1.165) is 38.4 Å². The second-order valence-electron chi connectivity index (χ2n) is 7.70. The van der Waals surface area contributed by atoms with E-state index in [9.17, 15) is 13.2 Å². The molecule has 1 saturated heterocycles. The molecule has 7 nitrogen and oxygen atoms in total. The molecule has 0 spiro atoms. The molecule has 0 radical (unpaired) electrons. The lowest BCUT2D eigenvalue weighted by Crippen LogP contribution is -2.48. The minimum absolute atomic E-state index is 0.00955. The molecule has 0 aromatic heterocycles. The predicted molar refractivity (Wildman–Crippen MR) is 116 cm³/mol. The van der Waals surface area contributed by atoms with E-state index < -0.39 is 10.0 Å². The zero-order valence-electron chi connectivity index (χ0n) is 17.1. The Balaban J connectivity index is 1.34. The van der Waals surface area contributed by atoms with E-state index >= 15 is 0 Å². The smallest absolute Gasteiger partial charge is 0.254 e. The van der Waals surface area contributed by atoms with Gasteiger partial charge in [0.05, 0.1) is 12.4 Å². The molecular weight excluding hydrogens is 402 g/mol. The predicted octanol–water partition coefficient (Wildman–Crippen LogP) is 2.34. The van der Waals surface area contributed by atoms with Gasteiger partial charge in [-0.25, -0.2) is 8.42 Å². The number of benzene rings is 2. The lowest BCUT2D eigenvalue weighted by atomic mass is 10.1. The topological polar surface area (TPSA) is 79.0 Å². The summed E-state index contributed by atoms with van der Waals surface area (Å²) >= 11 is 0. The molecule has 0 unspecified atom stereocenters. The molecule has 4 rings (SSSR count). The molecule has 0 aliphatic carbocycles. The number of sulfonamides is 1. The summed E-state index contributed by atoms with van der Waals surface area (Å²) < 4.78 is 31.6. The number of anilines is 1. The minimum atomic E-state index is -3.37. The van der Waals surface area contributed by atoms with Gasteiger partial charge in [0.15, 0.2) is 0 Å². The Labute approximate surface area is 177 Å². The molecule has 8 heteroatoms. The summed E-state index contributed by atoms with van der Waals surface area (Å²) in [4.78, 5) is 17.1. The Morgan fingerprint density at radius 1 is 1.10 bits per heavy atom. The van der Waals surface area contributed by atoms with Crippen molar-refractivity contribution in [2.45, 2.75) is 19.9 Å². The summed E-state index contributed by atoms with van der Waals surface area (Å²) in [6.45, 7) is 6.12. The molecular formula is C22H27N3O4S. The third-order valence-electron chi connectivity index (χ3n) is 5.58. The van der Waals surface area contributed by atoms with Gasteiger partial charge in [0, 0.05) is 50.4 Å². The van der Waals surface area contributed by atoms with E-state index in [4.69, 9.17) is 4.74 Å². The molecule has 160 valence electrons. The van der Waals surface area contributed by atoms with Crippen LogP contribution in [0.4, 0.5) is 5.69 Å². The Morgan fingerprint density at radius 3 is 2.67 bits per heavy atom. The van der Waals surface area contributed by atoms with Gasteiger partial charge in [-0.1, -0.05) is 18.2 Å². The second kappa shape index (κ2) is 8.65. The molecule has 0 atom stereocenters. The molecule has 2 heterocycles. The summed E-state index contributed by atoms with van der Waals surface area (Å²) in [6, 6.07) is 13.1. The van der Waals surface area contributed by atoms with Crippen LogP contribution >= 0.6 is 0 Å². The molecule has 1 N–H and O–H groups in total. The van der Waals surface area contributed by atoms with Gasteiger partial charge >= 0.3 is 0 Å². The molecule has 0 bridgehead atoms. The Morgan fingerprint density at radius 2 is 1.90 bits per heavy atom. The first-order chi connectivity index (χ1) is 14.4. The van der Waals surface area contributed by atoms with Crippen molar-refractivity contribution in [3.8, 4) is 5.75 Å². The maximum absolute atomic E-state index is 12.9. The van der Waals surface area contributed by atoms with E-state index in [1.54, 1.807) is 31.2 Å². The highest BCUT2D eigenvalue weighted by molar-refractivity contribution is 7.92. The quantitative estimate of drug-likeness (QED) is 0.763. The highest BCUT2D eigenvalue weighted by Gasteiger charge is 2.23. The number of nitrogens with zero attached hydrogens (tertiary/aromatic N) is 2. The zero-order valence-corrected chi connectivity index (χ0v) is 18.0. The molecule has 2 aromatic rings. The monoisotopic (exact) mass is 429 g/mol. The fourth-order valence-corrected chi connectivity index (χ4v) is 4.49. The summed E-state index contributed by atoms with van der Waals surface area (Å²) in [7, 11) is -3.37. The number of fused-ring (bicyclic) bond motifs is 1. The Kier molecular flexibility index (Phi) is 5.97. The number of amides is 1. The number of rotatable bonds is 6. The van der Waals surface area contributed by atoms with Crippen molar-refractivity contribution in [3.63, 3.8) is 0 Å². The van der Waals surface area contributed by atoms with Crippen LogP contribution < -0.4 is 9.46 Å². The Hall–Kier alpha value is -2.58. The average Bonchev–Trinajstić information content (AvgIpc) is 3.22. The fraction of sp³-hybridized carbons (Fsp3) is 0.409. The highest BCUT2D eigenvalue weighted by Crippen LogP contribution is 2.26. The summed E-state index contributed by atoms with van der Waals surface area (Å²) in [5, 5.41) is 0. The number of nitrogens with one attached hydrogen (secondary N) is 1. The van der Waals surface area contributed by atoms with Gasteiger partial charge in [0.25, 0.3) is 5.91 Å². The number of hydrogen-bond acceptors (Lipinski definition) is 5. The van der Waals surface area contributed by atoms with Crippen LogP contribution in [-0.4, -0.2) is 62.7 Å². The summed E-state index contributed by atoms with van der Waals surface area (Å²) in [6.07, 6.45) is 0.971. The number of hydrogen-bond donors (Lipinski definition) is 1. The number of carbonyl (C=O) groups is 1. The third-order valence-corrected chi connectivity index (χ3v) is 6.89. The van der Waals surface area contributed by atoms with Crippen molar-refractivity contribution in [1.82, 2.24) is 9.80 Å². The van der Waals surface area contributed by atoms with Crippen LogP contribution in [0.15, 0.2) is 42.5 Å². The lowest BCUT2D eigenvalue weighted by Gasteiger charge is -2.35. The van der Waals surface area contributed by atoms with Crippen LogP contribution in [0.1, 0.15) is 28.4 Å². The molecule has 0 saturated carbocycles. The van der Waals surface area contributed by atoms with Crippen LogP contribution in [0, 0.1) is 0 Å². The van der Waals surface area contributed by atoms with Gasteiger partial charge < -0.3 is 9.64 Å².